The van der Waals surface area contributed by atoms with E-state index >= 15 is 0 Å². The molecular formula is C18H31BN2O4. The molecule has 0 aliphatic heterocycles. The Kier molecular flexibility index (Phi) is 13.9. The average molecular weight is 350 g/mol. The van der Waals surface area contributed by atoms with Gasteiger partial charge in [-0.05, 0) is 62.7 Å². The molecule has 0 radical (unpaired) electrons. The molecule has 0 aliphatic rings. The molecule has 0 heterocycles. The standard InChI is InChI=1S/C17H31BN2O2.CO2/c1-14-8-9-16(12-15(14)2)13-20-11-5-7-17(19)6-3-4-10-18(21)22;2-1-3/h8-9,12,17,20-22H,3-7,10-11,13,19H2,1-2H3;. The summed E-state index contributed by atoms with van der Waals surface area (Å²) in [6.07, 6.45) is 5.55. The highest BCUT2D eigenvalue weighted by Gasteiger charge is 2.07. The van der Waals surface area contributed by atoms with Gasteiger partial charge in [-0.3, -0.25) is 0 Å². The highest BCUT2D eigenvalue weighted by atomic mass is 16.4. The summed E-state index contributed by atoms with van der Waals surface area (Å²) in [5.41, 5.74) is 10.1. The zero-order valence-corrected chi connectivity index (χ0v) is 15.3. The van der Waals surface area contributed by atoms with Gasteiger partial charge in [0.2, 0.25) is 0 Å². The monoisotopic (exact) mass is 350 g/mol. The fourth-order valence-electron chi connectivity index (χ4n) is 2.51. The van der Waals surface area contributed by atoms with Crippen molar-refractivity contribution >= 4 is 13.3 Å². The second-order valence-corrected chi connectivity index (χ2v) is 6.35. The van der Waals surface area contributed by atoms with Crippen LogP contribution in [0.2, 0.25) is 6.32 Å². The van der Waals surface area contributed by atoms with Crippen LogP contribution in [0.3, 0.4) is 0 Å². The van der Waals surface area contributed by atoms with E-state index in [1.54, 1.807) is 0 Å². The Morgan fingerprint density at radius 1 is 1.12 bits per heavy atom. The minimum atomic E-state index is -1.18. The molecule has 1 unspecified atom stereocenters. The fraction of sp³-hybridized carbons (Fsp3) is 0.611. The minimum absolute atomic E-state index is 0.222. The highest BCUT2D eigenvalue weighted by Crippen LogP contribution is 2.10. The second kappa shape index (κ2) is 14.8. The lowest BCUT2D eigenvalue weighted by molar-refractivity contribution is -0.191. The largest absolute Gasteiger partial charge is 0.451 e. The van der Waals surface area contributed by atoms with Crippen molar-refractivity contribution in [2.45, 2.75) is 64.9 Å². The van der Waals surface area contributed by atoms with Crippen molar-refractivity contribution in [3.63, 3.8) is 0 Å². The van der Waals surface area contributed by atoms with Gasteiger partial charge in [0.25, 0.3) is 0 Å². The van der Waals surface area contributed by atoms with Crippen LogP contribution in [0.1, 0.15) is 48.8 Å². The molecule has 0 aliphatic carbocycles. The van der Waals surface area contributed by atoms with E-state index in [0.717, 1.165) is 45.2 Å². The molecule has 1 aromatic rings. The molecule has 0 amide bonds. The van der Waals surface area contributed by atoms with Crippen molar-refractivity contribution in [1.29, 1.82) is 0 Å². The Bertz CT molecular complexity index is 506. The number of aryl methyl sites for hydroxylation is 2. The van der Waals surface area contributed by atoms with Crippen LogP contribution in [0.5, 0.6) is 0 Å². The van der Waals surface area contributed by atoms with Crippen molar-refractivity contribution in [2.75, 3.05) is 6.54 Å². The van der Waals surface area contributed by atoms with Gasteiger partial charge in [-0.25, -0.2) is 0 Å². The van der Waals surface area contributed by atoms with E-state index in [1.165, 1.54) is 16.7 Å². The zero-order chi connectivity index (χ0) is 19.1. The zero-order valence-electron chi connectivity index (χ0n) is 15.3. The number of unbranched alkanes of at least 4 members (excludes halogenated alkanes) is 1. The van der Waals surface area contributed by atoms with Crippen LogP contribution in [-0.2, 0) is 16.1 Å². The molecule has 5 N–H and O–H groups in total. The van der Waals surface area contributed by atoms with Gasteiger partial charge in [0.15, 0.2) is 0 Å². The van der Waals surface area contributed by atoms with E-state index in [9.17, 15) is 0 Å². The molecule has 1 atom stereocenters. The average Bonchev–Trinajstić information content (AvgIpc) is 2.55. The maximum absolute atomic E-state index is 8.76. The lowest BCUT2D eigenvalue weighted by Gasteiger charge is -2.12. The lowest BCUT2D eigenvalue weighted by atomic mass is 9.83. The van der Waals surface area contributed by atoms with Crippen LogP contribution >= 0.6 is 0 Å². The Hall–Kier alpha value is -1.50. The SMILES string of the molecule is Cc1ccc(CNCCCC(N)CCCCB(O)O)cc1C.O=C=O. The van der Waals surface area contributed by atoms with Gasteiger partial charge >= 0.3 is 13.3 Å². The summed E-state index contributed by atoms with van der Waals surface area (Å²) in [7, 11) is -1.18. The number of nitrogens with two attached hydrogens (primary N) is 1. The summed E-state index contributed by atoms with van der Waals surface area (Å²) in [5, 5.41) is 21.0. The number of benzene rings is 1. The summed E-state index contributed by atoms with van der Waals surface area (Å²) >= 11 is 0. The second-order valence-electron chi connectivity index (χ2n) is 6.35. The molecule has 140 valence electrons. The van der Waals surface area contributed by atoms with Crippen molar-refractivity contribution in [3.8, 4) is 0 Å². The number of carbonyl (C=O) groups excluding carboxylic acids is 2. The summed E-state index contributed by atoms with van der Waals surface area (Å²) in [4.78, 5) is 16.2. The lowest BCUT2D eigenvalue weighted by Crippen LogP contribution is -2.23. The van der Waals surface area contributed by atoms with Crippen molar-refractivity contribution in [1.82, 2.24) is 5.32 Å². The van der Waals surface area contributed by atoms with E-state index in [-0.39, 0.29) is 12.2 Å². The summed E-state index contributed by atoms with van der Waals surface area (Å²) in [6, 6.07) is 6.81. The van der Waals surface area contributed by atoms with Crippen LogP contribution < -0.4 is 11.1 Å². The highest BCUT2D eigenvalue weighted by molar-refractivity contribution is 6.40. The number of nitrogens with one attached hydrogen (secondary N) is 1. The van der Waals surface area contributed by atoms with Crippen LogP contribution in [0.15, 0.2) is 18.2 Å². The van der Waals surface area contributed by atoms with Crippen LogP contribution in [0.4, 0.5) is 0 Å². The maximum Gasteiger partial charge on any atom is 0.451 e. The first-order chi connectivity index (χ1) is 11.9. The third-order valence-electron chi connectivity index (χ3n) is 4.12. The molecule has 0 aromatic heterocycles. The first-order valence-corrected chi connectivity index (χ1v) is 8.78. The first-order valence-electron chi connectivity index (χ1n) is 8.78. The van der Waals surface area contributed by atoms with E-state index < -0.39 is 7.12 Å². The first kappa shape index (κ1) is 23.5. The Labute approximate surface area is 151 Å². The molecule has 0 saturated heterocycles. The topological polar surface area (TPSA) is 113 Å². The molecule has 0 bridgehead atoms. The fourth-order valence-corrected chi connectivity index (χ4v) is 2.51. The van der Waals surface area contributed by atoms with Crippen LogP contribution in [0, 0.1) is 13.8 Å². The molecule has 25 heavy (non-hydrogen) atoms. The molecule has 7 heteroatoms. The predicted octanol–water partition coefficient (Wildman–Crippen LogP) is 1.56. The van der Waals surface area contributed by atoms with Gasteiger partial charge in [-0.2, -0.15) is 9.59 Å². The molecule has 6 nitrogen and oxygen atoms in total. The normalized spacial score (nSPS) is 11.2. The summed E-state index contributed by atoms with van der Waals surface area (Å²) in [5.74, 6) is 0. The molecular weight excluding hydrogens is 319 g/mol. The molecule has 0 saturated carbocycles. The van der Waals surface area contributed by atoms with E-state index in [0.29, 0.717) is 6.32 Å². The summed E-state index contributed by atoms with van der Waals surface area (Å²) in [6.45, 7) is 6.17. The summed E-state index contributed by atoms with van der Waals surface area (Å²) < 4.78 is 0. The smallest absolute Gasteiger partial charge is 0.427 e. The third-order valence-corrected chi connectivity index (χ3v) is 4.12. The predicted molar refractivity (Wildman–Crippen MR) is 98.7 cm³/mol. The van der Waals surface area contributed by atoms with Gasteiger partial charge in [0.05, 0.1) is 0 Å². The van der Waals surface area contributed by atoms with Crippen LogP contribution in [0.25, 0.3) is 0 Å². The molecule has 1 aromatic carbocycles. The van der Waals surface area contributed by atoms with E-state index in [4.69, 9.17) is 25.4 Å². The Morgan fingerprint density at radius 2 is 1.76 bits per heavy atom. The third kappa shape index (κ3) is 13.5. The van der Waals surface area contributed by atoms with Crippen molar-refractivity contribution < 1.29 is 19.6 Å². The maximum atomic E-state index is 8.76. The number of rotatable bonds is 11. The molecule has 1 rings (SSSR count). The van der Waals surface area contributed by atoms with E-state index in [1.807, 2.05) is 0 Å². The van der Waals surface area contributed by atoms with Gasteiger partial charge in [-0.1, -0.05) is 31.0 Å². The number of hydrogen-bond acceptors (Lipinski definition) is 6. The van der Waals surface area contributed by atoms with Gasteiger partial charge in [0.1, 0.15) is 0 Å². The van der Waals surface area contributed by atoms with Crippen LogP contribution in [-0.4, -0.2) is 35.9 Å². The molecule has 0 spiro atoms. The Balaban J connectivity index is 0.00000178. The quantitative estimate of drug-likeness (QED) is 0.356. The Morgan fingerprint density at radius 3 is 2.36 bits per heavy atom. The van der Waals surface area contributed by atoms with E-state index in [2.05, 4.69) is 37.4 Å². The van der Waals surface area contributed by atoms with Gasteiger partial charge in [0, 0.05) is 12.6 Å². The van der Waals surface area contributed by atoms with Crippen molar-refractivity contribution in [2.24, 2.45) is 5.73 Å². The number of hydrogen-bond donors (Lipinski definition) is 4. The van der Waals surface area contributed by atoms with Crippen molar-refractivity contribution in [3.05, 3.63) is 34.9 Å². The van der Waals surface area contributed by atoms with Gasteiger partial charge < -0.3 is 21.1 Å². The van der Waals surface area contributed by atoms with Gasteiger partial charge in [-0.15, -0.1) is 0 Å². The minimum Gasteiger partial charge on any atom is -0.427 e. The molecule has 0 fully saturated rings.